The third kappa shape index (κ3) is 3.30. The maximum absolute atomic E-state index is 13.0. The van der Waals surface area contributed by atoms with Gasteiger partial charge in [-0.1, -0.05) is 28.6 Å². The van der Waals surface area contributed by atoms with Gasteiger partial charge in [-0.3, -0.25) is 0 Å². The highest BCUT2D eigenvalue weighted by atomic mass is 19.1. The van der Waals surface area contributed by atoms with Crippen LogP contribution >= 0.6 is 0 Å². The van der Waals surface area contributed by atoms with Gasteiger partial charge in [0.05, 0.1) is 19.9 Å². The van der Waals surface area contributed by atoms with Crippen LogP contribution in [0.1, 0.15) is 5.56 Å². The monoisotopic (exact) mass is 351 g/mol. The first kappa shape index (κ1) is 15.9. The zero-order valence-electron chi connectivity index (χ0n) is 13.8. The fourth-order valence-corrected chi connectivity index (χ4v) is 2.46. The number of methoxy groups -OCH3 is 1. The number of benzene rings is 2. The molecule has 2 heterocycles. The molecule has 130 valence electrons. The van der Waals surface area contributed by atoms with Gasteiger partial charge in [-0.25, -0.2) is 9.07 Å². The zero-order valence-corrected chi connectivity index (χ0v) is 13.8. The summed E-state index contributed by atoms with van der Waals surface area (Å²) in [4.78, 5) is 4.36. The van der Waals surface area contributed by atoms with Crippen molar-refractivity contribution in [2.45, 2.75) is 6.54 Å². The summed E-state index contributed by atoms with van der Waals surface area (Å²) in [6.45, 7) is 0.466. The van der Waals surface area contributed by atoms with Gasteiger partial charge in [-0.15, -0.1) is 5.10 Å². The Kier molecular flexibility index (Phi) is 4.14. The Hall–Kier alpha value is -3.55. The van der Waals surface area contributed by atoms with Gasteiger partial charge in [0, 0.05) is 5.56 Å². The van der Waals surface area contributed by atoms with Gasteiger partial charge in [0.25, 0.3) is 5.89 Å². The molecule has 0 N–H and O–H groups in total. The SMILES string of the molecule is COc1cccc(-c2nc(-c3cn(Cc4ccc(F)cc4)nn3)no2)c1. The highest BCUT2D eigenvalue weighted by Gasteiger charge is 2.14. The number of ether oxygens (including phenoxy) is 1. The van der Waals surface area contributed by atoms with Gasteiger partial charge >= 0.3 is 0 Å². The number of halogens is 1. The molecular formula is C18H14FN5O2. The minimum atomic E-state index is -0.273. The Balaban J connectivity index is 1.54. The van der Waals surface area contributed by atoms with E-state index in [1.165, 1.54) is 12.1 Å². The normalized spacial score (nSPS) is 10.8. The van der Waals surface area contributed by atoms with E-state index in [1.807, 2.05) is 24.3 Å². The summed E-state index contributed by atoms with van der Waals surface area (Å²) < 4.78 is 25.1. The summed E-state index contributed by atoms with van der Waals surface area (Å²) in [5.74, 6) is 1.14. The van der Waals surface area contributed by atoms with E-state index in [9.17, 15) is 4.39 Å². The first-order valence-electron chi connectivity index (χ1n) is 7.84. The van der Waals surface area contributed by atoms with Crippen molar-refractivity contribution in [1.29, 1.82) is 0 Å². The number of rotatable bonds is 5. The smallest absolute Gasteiger partial charge is 0.258 e. The van der Waals surface area contributed by atoms with Crippen molar-refractivity contribution < 1.29 is 13.7 Å². The van der Waals surface area contributed by atoms with E-state index in [1.54, 1.807) is 30.1 Å². The highest BCUT2D eigenvalue weighted by molar-refractivity contribution is 5.58. The predicted molar refractivity (Wildman–Crippen MR) is 90.8 cm³/mol. The van der Waals surface area contributed by atoms with E-state index >= 15 is 0 Å². The van der Waals surface area contributed by atoms with Crippen LogP contribution < -0.4 is 4.74 Å². The second kappa shape index (κ2) is 6.75. The largest absolute Gasteiger partial charge is 0.497 e. The minimum Gasteiger partial charge on any atom is -0.497 e. The number of hydrogen-bond acceptors (Lipinski definition) is 6. The number of aromatic nitrogens is 5. The summed E-state index contributed by atoms with van der Waals surface area (Å²) in [5.41, 5.74) is 2.15. The third-order valence-corrected chi connectivity index (χ3v) is 3.77. The van der Waals surface area contributed by atoms with Crippen molar-refractivity contribution in [3.8, 4) is 28.7 Å². The molecule has 0 radical (unpaired) electrons. The van der Waals surface area contributed by atoms with Crippen LogP contribution in [0, 0.1) is 5.82 Å². The van der Waals surface area contributed by atoms with Crippen molar-refractivity contribution in [2.24, 2.45) is 0 Å². The summed E-state index contributed by atoms with van der Waals surface area (Å²) in [5, 5.41) is 12.1. The average Bonchev–Trinajstić information content (AvgIpc) is 3.33. The molecule has 0 atom stereocenters. The van der Waals surface area contributed by atoms with Crippen LogP contribution in [0.15, 0.2) is 59.3 Å². The molecule has 0 bridgehead atoms. The van der Waals surface area contributed by atoms with Gasteiger partial charge in [-0.05, 0) is 35.9 Å². The van der Waals surface area contributed by atoms with Crippen LogP contribution in [0.25, 0.3) is 23.0 Å². The van der Waals surface area contributed by atoms with Crippen LogP contribution in [-0.2, 0) is 6.54 Å². The van der Waals surface area contributed by atoms with E-state index in [4.69, 9.17) is 9.26 Å². The topological polar surface area (TPSA) is 78.9 Å². The molecule has 0 aliphatic carbocycles. The molecule has 0 saturated heterocycles. The van der Waals surface area contributed by atoms with E-state index in [-0.39, 0.29) is 5.82 Å². The molecule has 0 fully saturated rings. The zero-order chi connectivity index (χ0) is 17.9. The highest BCUT2D eigenvalue weighted by Crippen LogP contribution is 2.24. The van der Waals surface area contributed by atoms with Gasteiger partial charge in [-0.2, -0.15) is 4.98 Å². The Morgan fingerprint density at radius 1 is 1.15 bits per heavy atom. The Morgan fingerprint density at radius 3 is 2.81 bits per heavy atom. The Labute approximate surface area is 148 Å². The molecule has 0 amide bonds. The van der Waals surface area contributed by atoms with Crippen LogP contribution in [0.4, 0.5) is 4.39 Å². The lowest BCUT2D eigenvalue weighted by molar-refractivity contribution is 0.413. The minimum absolute atomic E-state index is 0.273. The molecule has 0 unspecified atom stereocenters. The molecule has 8 heteroatoms. The fraction of sp³-hybridized carbons (Fsp3) is 0.111. The van der Waals surface area contributed by atoms with Gasteiger partial charge in [0.15, 0.2) is 5.69 Å². The summed E-state index contributed by atoms with van der Waals surface area (Å²) in [6.07, 6.45) is 1.71. The molecule has 0 spiro atoms. The van der Waals surface area contributed by atoms with Crippen LogP contribution in [0.3, 0.4) is 0 Å². The Morgan fingerprint density at radius 2 is 2.00 bits per heavy atom. The van der Waals surface area contributed by atoms with Crippen LogP contribution in [0.5, 0.6) is 5.75 Å². The Bertz CT molecular complexity index is 1030. The molecule has 2 aromatic carbocycles. The lowest BCUT2D eigenvalue weighted by atomic mass is 10.2. The van der Waals surface area contributed by atoms with Crippen molar-refractivity contribution in [3.63, 3.8) is 0 Å². The van der Waals surface area contributed by atoms with Crippen molar-refractivity contribution in [3.05, 3.63) is 66.1 Å². The van der Waals surface area contributed by atoms with E-state index in [0.29, 0.717) is 29.7 Å². The van der Waals surface area contributed by atoms with Gasteiger partial charge in [0.2, 0.25) is 5.82 Å². The van der Waals surface area contributed by atoms with Crippen LogP contribution in [0.2, 0.25) is 0 Å². The first-order valence-corrected chi connectivity index (χ1v) is 7.84. The van der Waals surface area contributed by atoms with Gasteiger partial charge in [0.1, 0.15) is 11.6 Å². The molecule has 0 aliphatic heterocycles. The first-order chi connectivity index (χ1) is 12.7. The molecule has 4 aromatic rings. The van der Waals surface area contributed by atoms with Crippen LogP contribution in [-0.4, -0.2) is 32.2 Å². The molecule has 0 aliphatic rings. The average molecular weight is 351 g/mol. The third-order valence-electron chi connectivity index (χ3n) is 3.77. The maximum Gasteiger partial charge on any atom is 0.258 e. The van der Waals surface area contributed by atoms with Crippen molar-refractivity contribution >= 4 is 0 Å². The van der Waals surface area contributed by atoms with Crippen molar-refractivity contribution in [2.75, 3.05) is 7.11 Å². The lowest BCUT2D eigenvalue weighted by Gasteiger charge is -1.99. The molecule has 7 nitrogen and oxygen atoms in total. The van der Waals surface area contributed by atoms with E-state index < -0.39 is 0 Å². The number of hydrogen-bond donors (Lipinski definition) is 0. The fourth-order valence-electron chi connectivity index (χ4n) is 2.46. The molecule has 2 aromatic heterocycles. The lowest BCUT2D eigenvalue weighted by Crippen LogP contribution is -2.00. The predicted octanol–water partition coefficient (Wildman–Crippen LogP) is 3.19. The standard InChI is InChI=1S/C18H14FN5O2/c1-25-15-4-2-3-13(9-15)18-20-17(22-26-18)16-11-24(23-21-16)10-12-5-7-14(19)8-6-12/h2-9,11H,10H2,1H3. The summed E-state index contributed by atoms with van der Waals surface area (Å²) >= 11 is 0. The molecule has 4 rings (SSSR count). The molecular weight excluding hydrogens is 337 g/mol. The maximum atomic E-state index is 13.0. The second-order valence-electron chi connectivity index (χ2n) is 5.58. The number of nitrogens with zero attached hydrogens (tertiary/aromatic N) is 5. The molecule has 0 saturated carbocycles. The molecule has 26 heavy (non-hydrogen) atoms. The quantitative estimate of drug-likeness (QED) is 0.549. The summed E-state index contributed by atoms with van der Waals surface area (Å²) in [6, 6.07) is 13.6. The van der Waals surface area contributed by atoms with E-state index in [0.717, 1.165) is 11.1 Å². The summed E-state index contributed by atoms with van der Waals surface area (Å²) in [7, 11) is 1.60. The van der Waals surface area contributed by atoms with E-state index in [2.05, 4.69) is 20.5 Å². The second-order valence-corrected chi connectivity index (χ2v) is 5.58. The van der Waals surface area contributed by atoms with Gasteiger partial charge < -0.3 is 9.26 Å². The van der Waals surface area contributed by atoms with Crippen molar-refractivity contribution in [1.82, 2.24) is 25.1 Å².